The normalized spacial score (nSPS) is 26.8. The van der Waals surface area contributed by atoms with E-state index in [1.165, 1.54) is 11.3 Å². The number of benzene rings is 1. The molecule has 0 aliphatic carbocycles. The Balaban J connectivity index is 1.95. The van der Waals surface area contributed by atoms with Crippen molar-refractivity contribution in [2.45, 2.75) is 29.9 Å². The van der Waals surface area contributed by atoms with E-state index in [0.717, 1.165) is 16.6 Å². The summed E-state index contributed by atoms with van der Waals surface area (Å²) in [7, 11) is 0. The second-order valence-corrected chi connectivity index (χ2v) is 8.00. The van der Waals surface area contributed by atoms with Gasteiger partial charge in [-0.2, -0.15) is 23.5 Å². The molecule has 0 radical (unpaired) electrons. The van der Waals surface area contributed by atoms with Crippen molar-refractivity contribution in [3.8, 4) is 0 Å². The summed E-state index contributed by atoms with van der Waals surface area (Å²) in [6, 6.07) is 8.24. The molecule has 0 bridgehead atoms. The fraction of sp³-hybridized carbons (Fsp3) is 0.538. The molecule has 0 aromatic heterocycles. The minimum absolute atomic E-state index is 0.232. The van der Waals surface area contributed by atoms with E-state index in [4.69, 9.17) is 0 Å². The molecule has 4 heteroatoms. The summed E-state index contributed by atoms with van der Waals surface area (Å²) < 4.78 is 1.09. The fourth-order valence-corrected chi connectivity index (χ4v) is 5.16. The van der Waals surface area contributed by atoms with Crippen LogP contribution in [0.15, 0.2) is 28.7 Å². The lowest BCUT2D eigenvalue weighted by Crippen LogP contribution is -2.36. The molecule has 94 valence electrons. The van der Waals surface area contributed by atoms with Crippen LogP contribution in [0.2, 0.25) is 0 Å². The summed E-state index contributed by atoms with van der Waals surface area (Å²) in [4.78, 5) is 0. The minimum atomic E-state index is -0.232. The summed E-state index contributed by atoms with van der Waals surface area (Å²) in [5.41, 5.74) is 1.21. The number of halogens is 1. The Hall–Kier alpha value is 0.360. The van der Waals surface area contributed by atoms with Gasteiger partial charge in [-0.3, -0.25) is 0 Å². The molecule has 2 rings (SSSR count). The lowest BCUT2D eigenvalue weighted by atomic mass is 10.0. The molecule has 1 fully saturated rings. The van der Waals surface area contributed by atoms with Gasteiger partial charge in [0.25, 0.3) is 0 Å². The van der Waals surface area contributed by atoms with Crippen molar-refractivity contribution in [3.63, 3.8) is 0 Å². The molecule has 1 heterocycles. The minimum Gasteiger partial charge on any atom is -0.392 e. The molecule has 1 aliphatic rings. The van der Waals surface area contributed by atoms with Crippen LogP contribution in [0.25, 0.3) is 0 Å². The number of hydrogen-bond donors (Lipinski definition) is 1. The number of rotatable bonds is 3. The average Bonchev–Trinajstić information content (AvgIpc) is 2.32. The van der Waals surface area contributed by atoms with E-state index in [1.807, 2.05) is 35.7 Å². The molecule has 0 spiro atoms. The summed E-state index contributed by atoms with van der Waals surface area (Å²) in [6.07, 6.45) is 0.527. The molecule has 0 amide bonds. The van der Waals surface area contributed by atoms with Crippen LogP contribution in [-0.2, 0) is 6.42 Å². The van der Waals surface area contributed by atoms with Gasteiger partial charge < -0.3 is 5.11 Å². The standard InChI is InChI=1S/C13H17BrOS2/c1-9-13(17-7-6-16-9)12(15)8-10-2-4-11(14)5-3-10/h2-5,9,12-13,15H,6-8H2,1H3. The maximum Gasteiger partial charge on any atom is 0.0709 e. The molecular formula is C13H17BrOS2. The van der Waals surface area contributed by atoms with Crippen molar-refractivity contribution in [1.82, 2.24) is 0 Å². The topological polar surface area (TPSA) is 20.2 Å². The van der Waals surface area contributed by atoms with Crippen molar-refractivity contribution in [2.75, 3.05) is 11.5 Å². The van der Waals surface area contributed by atoms with Gasteiger partial charge in [0.2, 0.25) is 0 Å². The van der Waals surface area contributed by atoms with Gasteiger partial charge in [0.1, 0.15) is 0 Å². The Morgan fingerprint density at radius 3 is 2.59 bits per heavy atom. The van der Waals surface area contributed by atoms with Gasteiger partial charge in [-0.25, -0.2) is 0 Å². The molecule has 3 atom stereocenters. The number of aliphatic hydroxyl groups is 1. The zero-order chi connectivity index (χ0) is 12.3. The molecule has 1 aromatic rings. The molecule has 1 saturated heterocycles. The Kier molecular flexibility index (Phi) is 5.27. The third-order valence-corrected chi connectivity index (χ3v) is 6.74. The van der Waals surface area contributed by atoms with E-state index in [2.05, 4.69) is 35.0 Å². The first-order chi connectivity index (χ1) is 8.16. The highest BCUT2D eigenvalue weighted by atomic mass is 79.9. The van der Waals surface area contributed by atoms with Crippen molar-refractivity contribution < 1.29 is 5.11 Å². The molecule has 1 aliphatic heterocycles. The first kappa shape index (κ1) is 13.8. The van der Waals surface area contributed by atoms with E-state index in [0.29, 0.717) is 10.5 Å². The van der Waals surface area contributed by atoms with Crippen molar-refractivity contribution in [1.29, 1.82) is 0 Å². The lowest BCUT2D eigenvalue weighted by molar-refractivity contribution is 0.171. The monoisotopic (exact) mass is 332 g/mol. The van der Waals surface area contributed by atoms with E-state index >= 15 is 0 Å². The summed E-state index contributed by atoms with van der Waals surface area (Å²) in [5.74, 6) is 2.38. The molecule has 1 N–H and O–H groups in total. The first-order valence-corrected chi connectivity index (χ1v) is 8.71. The van der Waals surface area contributed by atoms with Crippen LogP contribution >= 0.6 is 39.5 Å². The van der Waals surface area contributed by atoms with Crippen molar-refractivity contribution >= 4 is 39.5 Å². The molecule has 17 heavy (non-hydrogen) atoms. The van der Waals surface area contributed by atoms with Crippen LogP contribution < -0.4 is 0 Å². The second kappa shape index (κ2) is 6.50. The highest BCUT2D eigenvalue weighted by Gasteiger charge is 2.28. The van der Waals surface area contributed by atoms with E-state index < -0.39 is 0 Å². The largest absolute Gasteiger partial charge is 0.392 e. The van der Waals surface area contributed by atoms with Crippen LogP contribution in [0.1, 0.15) is 12.5 Å². The summed E-state index contributed by atoms with van der Waals surface area (Å²) in [5, 5.41) is 11.2. The first-order valence-electron chi connectivity index (χ1n) is 5.82. The molecule has 1 aromatic carbocycles. The maximum absolute atomic E-state index is 10.3. The molecule has 3 unspecified atom stereocenters. The lowest BCUT2D eigenvalue weighted by Gasteiger charge is -2.31. The average molecular weight is 333 g/mol. The fourth-order valence-electron chi connectivity index (χ4n) is 2.05. The van der Waals surface area contributed by atoms with Gasteiger partial charge in [0.15, 0.2) is 0 Å². The quantitative estimate of drug-likeness (QED) is 0.913. The predicted molar refractivity (Wildman–Crippen MR) is 82.0 cm³/mol. The number of hydrogen-bond acceptors (Lipinski definition) is 3. The summed E-state index contributed by atoms with van der Waals surface area (Å²) >= 11 is 7.33. The third-order valence-electron chi connectivity index (χ3n) is 2.97. The number of thioether (sulfide) groups is 2. The summed E-state index contributed by atoms with van der Waals surface area (Å²) in [6.45, 7) is 2.23. The van der Waals surface area contributed by atoms with Gasteiger partial charge in [-0.05, 0) is 24.1 Å². The van der Waals surface area contributed by atoms with Gasteiger partial charge >= 0.3 is 0 Å². The Labute approximate surface area is 120 Å². The van der Waals surface area contributed by atoms with Crippen molar-refractivity contribution in [2.24, 2.45) is 0 Å². The third kappa shape index (κ3) is 3.91. The van der Waals surface area contributed by atoms with E-state index in [1.54, 1.807) is 0 Å². The van der Waals surface area contributed by atoms with Gasteiger partial charge in [-0.15, -0.1) is 0 Å². The molecular weight excluding hydrogens is 316 g/mol. The van der Waals surface area contributed by atoms with Crippen LogP contribution in [0.5, 0.6) is 0 Å². The second-order valence-electron chi connectivity index (χ2n) is 4.31. The van der Waals surface area contributed by atoms with E-state index in [9.17, 15) is 5.11 Å². The zero-order valence-corrected chi connectivity index (χ0v) is 13.0. The zero-order valence-electron chi connectivity index (χ0n) is 9.80. The molecule has 0 saturated carbocycles. The predicted octanol–water partition coefficient (Wildman–Crippen LogP) is 3.59. The van der Waals surface area contributed by atoms with Crippen molar-refractivity contribution in [3.05, 3.63) is 34.3 Å². The van der Waals surface area contributed by atoms with Crippen LogP contribution in [0.4, 0.5) is 0 Å². The SMILES string of the molecule is CC1SCCSC1C(O)Cc1ccc(Br)cc1. The van der Waals surface area contributed by atoms with Gasteiger partial charge in [-0.1, -0.05) is 35.0 Å². The van der Waals surface area contributed by atoms with Gasteiger partial charge in [0, 0.05) is 26.5 Å². The maximum atomic E-state index is 10.3. The Bertz CT molecular complexity index is 355. The highest BCUT2D eigenvalue weighted by Crippen LogP contribution is 2.33. The van der Waals surface area contributed by atoms with Crippen LogP contribution in [0, 0.1) is 0 Å². The van der Waals surface area contributed by atoms with Crippen LogP contribution in [0.3, 0.4) is 0 Å². The smallest absolute Gasteiger partial charge is 0.0709 e. The molecule has 1 nitrogen and oxygen atoms in total. The van der Waals surface area contributed by atoms with Crippen LogP contribution in [-0.4, -0.2) is 33.2 Å². The highest BCUT2D eigenvalue weighted by molar-refractivity contribution is 9.10. The number of aliphatic hydroxyl groups excluding tert-OH is 1. The Morgan fingerprint density at radius 2 is 1.94 bits per heavy atom. The van der Waals surface area contributed by atoms with Gasteiger partial charge in [0.05, 0.1) is 6.10 Å². The van der Waals surface area contributed by atoms with E-state index in [-0.39, 0.29) is 6.10 Å². The Morgan fingerprint density at radius 1 is 1.29 bits per heavy atom.